The first-order valence-electron chi connectivity index (χ1n) is 6.94. The molecule has 5 nitrogen and oxygen atoms in total. The first-order chi connectivity index (χ1) is 9.95. The molecule has 0 spiro atoms. The Balaban J connectivity index is 2.61. The first-order valence-corrected chi connectivity index (χ1v) is 7.73. The van der Waals surface area contributed by atoms with Gasteiger partial charge in [-0.2, -0.15) is 0 Å². The molecule has 21 heavy (non-hydrogen) atoms. The predicted molar refractivity (Wildman–Crippen MR) is 86.3 cm³/mol. The molecule has 0 aliphatic carbocycles. The summed E-state index contributed by atoms with van der Waals surface area (Å²) in [6.45, 7) is 4.79. The van der Waals surface area contributed by atoms with E-state index >= 15 is 0 Å². The second-order valence-corrected chi connectivity index (χ2v) is 5.78. The molecular formula is C15H23BrN2O3. The Kier molecular flexibility index (Phi) is 7.71. The lowest BCUT2D eigenvalue weighted by molar-refractivity contribution is -0.127. The smallest absolute Gasteiger partial charge is 0.260 e. The summed E-state index contributed by atoms with van der Waals surface area (Å²) >= 11 is 3.41. The van der Waals surface area contributed by atoms with Crippen molar-refractivity contribution in [3.05, 3.63) is 28.2 Å². The Labute approximate surface area is 134 Å². The van der Waals surface area contributed by atoms with Crippen LogP contribution >= 0.6 is 15.9 Å². The lowest BCUT2D eigenvalue weighted by Crippen LogP contribution is -2.37. The summed E-state index contributed by atoms with van der Waals surface area (Å²) in [5.74, 6) is 0.484. The minimum Gasteiger partial charge on any atom is -0.481 e. The standard InChI is InChI=1S/C15H23BrN2O3/c1-10(17)13-9-12(16)5-6-14(13)21-11(2)15(19)18-7-4-8-20-3/h5-6,9-11H,4,7-8,17H2,1-3H3,(H,18,19)/t10-,11?/m0/s1. The van der Waals surface area contributed by atoms with Gasteiger partial charge in [0.05, 0.1) is 0 Å². The number of carbonyl (C=O) groups is 1. The molecule has 0 saturated heterocycles. The number of rotatable bonds is 8. The van der Waals surface area contributed by atoms with Gasteiger partial charge in [-0.3, -0.25) is 4.79 Å². The SMILES string of the molecule is COCCCNC(=O)C(C)Oc1ccc(Br)cc1[C@H](C)N. The van der Waals surface area contributed by atoms with Crippen molar-refractivity contribution < 1.29 is 14.3 Å². The number of nitrogens with one attached hydrogen (secondary N) is 1. The van der Waals surface area contributed by atoms with Crippen LogP contribution in [0.5, 0.6) is 5.75 Å². The lowest BCUT2D eigenvalue weighted by atomic mass is 10.1. The average molecular weight is 359 g/mol. The maximum atomic E-state index is 11.9. The third kappa shape index (κ3) is 6.03. The zero-order valence-corrected chi connectivity index (χ0v) is 14.3. The van der Waals surface area contributed by atoms with E-state index < -0.39 is 6.10 Å². The van der Waals surface area contributed by atoms with Crippen LogP contribution in [0.15, 0.2) is 22.7 Å². The fourth-order valence-corrected chi connectivity index (χ4v) is 2.18. The Morgan fingerprint density at radius 3 is 2.76 bits per heavy atom. The molecule has 0 fully saturated rings. The molecule has 0 radical (unpaired) electrons. The molecule has 0 aromatic heterocycles. The second-order valence-electron chi connectivity index (χ2n) is 4.87. The number of nitrogens with two attached hydrogens (primary N) is 1. The highest BCUT2D eigenvalue weighted by Crippen LogP contribution is 2.28. The van der Waals surface area contributed by atoms with Gasteiger partial charge in [-0.15, -0.1) is 0 Å². The van der Waals surface area contributed by atoms with Crippen LogP contribution in [0.2, 0.25) is 0 Å². The van der Waals surface area contributed by atoms with E-state index in [1.54, 1.807) is 14.0 Å². The molecule has 0 bridgehead atoms. The van der Waals surface area contributed by atoms with Crippen LogP contribution < -0.4 is 15.8 Å². The summed E-state index contributed by atoms with van der Waals surface area (Å²) in [5, 5.41) is 2.81. The summed E-state index contributed by atoms with van der Waals surface area (Å²) in [6.07, 6.45) is 0.199. The van der Waals surface area contributed by atoms with Crippen molar-refractivity contribution in [2.24, 2.45) is 5.73 Å². The normalized spacial score (nSPS) is 13.6. The fraction of sp³-hybridized carbons (Fsp3) is 0.533. The number of hydrogen-bond acceptors (Lipinski definition) is 4. The highest BCUT2D eigenvalue weighted by atomic mass is 79.9. The van der Waals surface area contributed by atoms with Crippen LogP contribution in [0, 0.1) is 0 Å². The van der Waals surface area contributed by atoms with E-state index in [2.05, 4.69) is 21.2 Å². The summed E-state index contributed by atoms with van der Waals surface area (Å²) in [4.78, 5) is 11.9. The average Bonchev–Trinajstić information content (AvgIpc) is 2.44. The van der Waals surface area contributed by atoms with Gasteiger partial charge in [-0.05, 0) is 38.5 Å². The summed E-state index contributed by atoms with van der Waals surface area (Å²) in [5.41, 5.74) is 6.80. The zero-order chi connectivity index (χ0) is 15.8. The summed E-state index contributed by atoms with van der Waals surface area (Å²) in [6, 6.07) is 5.42. The van der Waals surface area contributed by atoms with Crippen molar-refractivity contribution >= 4 is 21.8 Å². The highest BCUT2D eigenvalue weighted by Gasteiger charge is 2.17. The van der Waals surface area contributed by atoms with Gasteiger partial charge in [-0.25, -0.2) is 0 Å². The molecule has 1 rings (SSSR count). The number of methoxy groups -OCH3 is 1. The van der Waals surface area contributed by atoms with Crippen LogP contribution in [0.3, 0.4) is 0 Å². The van der Waals surface area contributed by atoms with Gasteiger partial charge >= 0.3 is 0 Å². The molecule has 118 valence electrons. The van der Waals surface area contributed by atoms with E-state index in [1.807, 2.05) is 25.1 Å². The maximum Gasteiger partial charge on any atom is 0.260 e. The molecule has 3 N–H and O–H groups in total. The number of amides is 1. The summed E-state index contributed by atoms with van der Waals surface area (Å²) < 4.78 is 11.6. The molecule has 1 amide bonds. The van der Waals surface area contributed by atoms with Crippen LogP contribution in [0.1, 0.15) is 31.9 Å². The molecular weight excluding hydrogens is 336 g/mol. The Hall–Kier alpha value is -1.11. The third-order valence-electron chi connectivity index (χ3n) is 2.96. The zero-order valence-electron chi connectivity index (χ0n) is 12.7. The Bertz CT molecular complexity index is 466. The molecule has 6 heteroatoms. The quantitative estimate of drug-likeness (QED) is 0.699. The van der Waals surface area contributed by atoms with E-state index in [0.717, 1.165) is 16.5 Å². The monoisotopic (exact) mass is 358 g/mol. The highest BCUT2D eigenvalue weighted by molar-refractivity contribution is 9.10. The van der Waals surface area contributed by atoms with E-state index in [9.17, 15) is 4.79 Å². The van der Waals surface area contributed by atoms with Gasteiger partial charge < -0.3 is 20.5 Å². The van der Waals surface area contributed by atoms with E-state index in [0.29, 0.717) is 18.9 Å². The van der Waals surface area contributed by atoms with Gasteiger partial charge in [0.25, 0.3) is 5.91 Å². The molecule has 0 heterocycles. The van der Waals surface area contributed by atoms with Gasteiger partial charge in [0, 0.05) is 36.3 Å². The molecule has 2 atom stereocenters. The van der Waals surface area contributed by atoms with Gasteiger partial charge in [0.1, 0.15) is 5.75 Å². The number of halogens is 1. The first kappa shape index (κ1) is 17.9. The summed E-state index contributed by atoms with van der Waals surface area (Å²) in [7, 11) is 1.64. The number of hydrogen-bond donors (Lipinski definition) is 2. The maximum absolute atomic E-state index is 11.9. The minimum atomic E-state index is -0.578. The third-order valence-corrected chi connectivity index (χ3v) is 3.45. The van der Waals surface area contributed by atoms with Crippen molar-refractivity contribution in [3.63, 3.8) is 0 Å². The molecule has 0 saturated carbocycles. The second kappa shape index (κ2) is 9.02. The van der Waals surface area contributed by atoms with E-state index in [1.165, 1.54) is 0 Å². The van der Waals surface area contributed by atoms with Crippen LogP contribution in [0.4, 0.5) is 0 Å². The van der Waals surface area contributed by atoms with Gasteiger partial charge in [0.15, 0.2) is 6.10 Å². The molecule has 1 aromatic rings. The number of ether oxygens (including phenoxy) is 2. The topological polar surface area (TPSA) is 73.6 Å². The van der Waals surface area contributed by atoms with Gasteiger partial charge in [-0.1, -0.05) is 15.9 Å². The van der Waals surface area contributed by atoms with Gasteiger partial charge in [0.2, 0.25) is 0 Å². The van der Waals surface area contributed by atoms with E-state index in [4.69, 9.17) is 15.2 Å². The molecule has 1 unspecified atom stereocenters. The van der Waals surface area contributed by atoms with E-state index in [-0.39, 0.29) is 11.9 Å². The van der Waals surface area contributed by atoms with Crippen LogP contribution in [-0.2, 0) is 9.53 Å². The largest absolute Gasteiger partial charge is 0.481 e. The molecule has 0 aliphatic heterocycles. The number of benzene rings is 1. The van der Waals surface area contributed by atoms with Crippen molar-refractivity contribution in [2.45, 2.75) is 32.4 Å². The van der Waals surface area contributed by atoms with Crippen LogP contribution in [-0.4, -0.2) is 32.3 Å². The Morgan fingerprint density at radius 2 is 2.14 bits per heavy atom. The van der Waals surface area contributed by atoms with Crippen molar-refractivity contribution in [3.8, 4) is 5.75 Å². The van der Waals surface area contributed by atoms with Crippen LogP contribution in [0.25, 0.3) is 0 Å². The van der Waals surface area contributed by atoms with Crippen molar-refractivity contribution in [2.75, 3.05) is 20.3 Å². The minimum absolute atomic E-state index is 0.148. The molecule has 1 aromatic carbocycles. The van der Waals surface area contributed by atoms with Crippen molar-refractivity contribution in [1.82, 2.24) is 5.32 Å². The molecule has 0 aliphatic rings. The number of carbonyl (C=O) groups excluding carboxylic acids is 1. The lowest BCUT2D eigenvalue weighted by Gasteiger charge is -2.19. The van der Waals surface area contributed by atoms with Crippen molar-refractivity contribution in [1.29, 1.82) is 0 Å². The fourth-order valence-electron chi connectivity index (χ4n) is 1.80. The predicted octanol–water partition coefficient (Wildman–Crippen LogP) is 2.39. The Morgan fingerprint density at radius 1 is 1.43 bits per heavy atom.